The molecule has 2 fully saturated rings. The number of anilines is 2. The molecule has 3 amide bonds. The number of nitrogens with one attached hydrogen (secondary N) is 1. The van der Waals surface area contributed by atoms with Crippen LogP contribution in [0.4, 0.5) is 11.5 Å². The molecule has 2 saturated heterocycles. The number of thioether (sulfide) groups is 1. The van der Waals surface area contributed by atoms with E-state index in [1.54, 1.807) is 30.5 Å². The number of carbonyl (C=O) groups excluding carboxylic acids is 3. The Labute approximate surface area is 208 Å². The maximum Gasteiger partial charge on any atom is 0.262 e. The minimum atomic E-state index is -0.476. The van der Waals surface area contributed by atoms with E-state index in [0.29, 0.717) is 24.3 Å². The summed E-state index contributed by atoms with van der Waals surface area (Å²) >= 11 is 1.38. The number of aromatic nitrogens is 1. The molecule has 0 bridgehead atoms. The number of nitrogens with zero attached hydrogens (tertiary/aromatic N) is 5. The zero-order chi connectivity index (χ0) is 24.2. The Balaban J connectivity index is 1.10. The lowest BCUT2D eigenvalue weighted by molar-refractivity contribution is -0.121. The fourth-order valence-corrected chi connectivity index (χ4v) is 5.61. The highest BCUT2D eigenvalue weighted by atomic mass is 32.2. The van der Waals surface area contributed by atoms with Gasteiger partial charge < -0.3 is 20.0 Å². The fourth-order valence-electron chi connectivity index (χ4n) is 4.49. The van der Waals surface area contributed by atoms with Crippen molar-refractivity contribution in [1.82, 2.24) is 14.8 Å². The van der Waals surface area contributed by atoms with Crippen LogP contribution in [-0.4, -0.2) is 82.2 Å². The third-order valence-electron chi connectivity index (χ3n) is 6.43. The van der Waals surface area contributed by atoms with E-state index in [-0.39, 0.29) is 24.1 Å². The number of amidine groups is 1. The topological polar surface area (TPSA) is 98.2 Å². The third kappa shape index (κ3) is 5.48. The van der Waals surface area contributed by atoms with Crippen molar-refractivity contribution in [3.63, 3.8) is 0 Å². The van der Waals surface area contributed by atoms with Crippen LogP contribution in [0.25, 0.3) is 0 Å². The predicted octanol–water partition coefficient (Wildman–Crippen LogP) is 2.47. The minimum absolute atomic E-state index is 0.0249. The molecule has 3 aliphatic heterocycles. The molecule has 0 unspecified atom stereocenters. The number of aliphatic imine (C=N–C) groups is 1. The maximum absolute atomic E-state index is 12.9. The van der Waals surface area contributed by atoms with Crippen molar-refractivity contribution in [2.24, 2.45) is 4.99 Å². The SMILES string of the molecule is O=C(C[C@@H]1SC(N2CCCC2)=NC1=O)Nc1ccc(C(=O)N2CCN(c3ccccn3)CC2)cc1. The molecule has 3 aliphatic rings. The van der Waals surface area contributed by atoms with E-state index >= 15 is 0 Å². The quantitative estimate of drug-likeness (QED) is 0.685. The summed E-state index contributed by atoms with van der Waals surface area (Å²) in [5.41, 5.74) is 1.18. The molecule has 2 aromatic rings. The lowest BCUT2D eigenvalue weighted by Crippen LogP contribution is -2.49. The molecule has 0 radical (unpaired) electrons. The van der Waals surface area contributed by atoms with Crippen molar-refractivity contribution in [2.45, 2.75) is 24.5 Å². The Morgan fingerprint density at radius 2 is 1.69 bits per heavy atom. The molecular weight excluding hydrogens is 464 g/mol. The van der Waals surface area contributed by atoms with Crippen LogP contribution in [0.2, 0.25) is 0 Å². The van der Waals surface area contributed by atoms with Crippen LogP contribution in [0, 0.1) is 0 Å². The maximum atomic E-state index is 12.9. The van der Waals surface area contributed by atoms with Gasteiger partial charge in [-0.2, -0.15) is 4.99 Å². The molecule has 0 aliphatic carbocycles. The molecule has 1 atom stereocenters. The van der Waals surface area contributed by atoms with Gasteiger partial charge in [0.2, 0.25) is 5.91 Å². The first-order valence-corrected chi connectivity index (χ1v) is 12.8. The van der Waals surface area contributed by atoms with E-state index in [0.717, 1.165) is 50.0 Å². The van der Waals surface area contributed by atoms with E-state index in [9.17, 15) is 14.4 Å². The third-order valence-corrected chi connectivity index (χ3v) is 7.65. The fraction of sp³-hybridized carbons (Fsp3) is 0.400. The molecule has 10 heteroatoms. The molecule has 1 N–H and O–H groups in total. The second-order valence-corrected chi connectivity index (χ2v) is 10.00. The largest absolute Gasteiger partial charge is 0.353 e. The lowest BCUT2D eigenvalue weighted by atomic mass is 10.1. The predicted molar refractivity (Wildman–Crippen MR) is 137 cm³/mol. The molecule has 0 spiro atoms. The Morgan fingerprint density at radius 1 is 0.943 bits per heavy atom. The summed E-state index contributed by atoms with van der Waals surface area (Å²) in [5, 5.41) is 3.10. The second-order valence-electron chi connectivity index (χ2n) is 8.83. The molecule has 1 aromatic carbocycles. The van der Waals surface area contributed by atoms with Crippen molar-refractivity contribution in [3.8, 4) is 0 Å². The number of hydrogen-bond acceptors (Lipinski definition) is 7. The Kier molecular flexibility index (Phi) is 6.98. The average Bonchev–Trinajstić information content (AvgIpc) is 3.55. The van der Waals surface area contributed by atoms with E-state index in [2.05, 4.69) is 25.1 Å². The summed E-state index contributed by atoms with van der Waals surface area (Å²) in [7, 11) is 0. The van der Waals surface area contributed by atoms with Gasteiger partial charge in [0, 0.05) is 63.1 Å². The van der Waals surface area contributed by atoms with E-state index in [1.807, 2.05) is 23.1 Å². The van der Waals surface area contributed by atoms with Crippen LogP contribution < -0.4 is 10.2 Å². The monoisotopic (exact) mass is 492 g/mol. The van der Waals surface area contributed by atoms with Crippen LogP contribution in [0.1, 0.15) is 29.6 Å². The van der Waals surface area contributed by atoms with Crippen LogP contribution >= 0.6 is 11.8 Å². The average molecular weight is 493 g/mol. The number of carbonyl (C=O) groups is 3. The first kappa shape index (κ1) is 23.3. The highest BCUT2D eigenvalue weighted by molar-refractivity contribution is 8.15. The van der Waals surface area contributed by atoms with Crippen molar-refractivity contribution in [3.05, 3.63) is 54.2 Å². The first-order chi connectivity index (χ1) is 17.1. The summed E-state index contributed by atoms with van der Waals surface area (Å²) in [6.07, 6.45) is 4.07. The van der Waals surface area contributed by atoms with Gasteiger partial charge in [-0.15, -0.1) is 0 Å². The van der Waals surface area contributed by atoms with Gasteiger partial charge in [0.05, 0.1) is 0 Å². The van der Waals surface area contributed by atoms with Crippen LogP contribution in [0.15, 0.2) is 53.7 Å². The molecule has 35 heavy (non-hydrogen) atoms. The van der Waals surface area contributed by atoms with E-state index in [1.165, 1.54) is 11.8 Å². The number of likely N-dealkylation sites (tertiary alicyclic amines) is 1. The van der Waals surface area contributed by atoms with Crippen molar-refractivity contribution < 1.29 is 14.4 Å². The minimum Gasteiger partial charge on any atom is -0.353 e. The van der Waals surface area contributed by atoms with Gasteiger partial charge in [-0.25, -0.2) is 4.98 Å². The number of benzene rings is 1. The lowest BCUT2D eigenvalue weighted by Gasteiger charge is -2.35. The molecule has 4 heterocycles. The summed E-state index contributed by atoms with van der Waals surface area (Å²) in [5.74, 6) is 0.425. The second kappa shape index (κ2) is 10.5. The summed E-state index contributed by atoms with van der Waals surface area (Å²) in [6, 6.07) is 12.7. The van der Waals surface area contributed by atoms with Gasteiger partial charge in [0.1, 0.15) is 11.1 Å². The summed E-state index contributed by atoms with van der Waals surface area (Å²) < 4.78 is 0. The van der Waals surface area contributed by atoms with Gasteiger partial charge in [-0.1, -0.05) is 17.8 Å². The highest BCUT2D eigenvalue weighted by Gasteiger charge is 2.33. The van der Waals surface area contributed by atoms with Crippen LogP contribution in [0.5, 0.6) is 0 Å². The van der Waals surface area contributed by atoms with Gasteiger partial charge in [-0.05, 0) is 49.2 Å². The van der Waals surface area contributed by atoms with Crippen LogP contribution in [0.3, 0.4) is 0 Å². The number of hydrogen-bond donors (Lipinski definition) is 1. The molecule has 5 rings (SSSR count). The van der Waals surface area contributed by atoms with Crippen molar-refractivity contribution >= 4 is 46.2 Å². The molecule has 9 nitrogen and oxygen atoms in total. The molecule has 0 saturated carbocycles. The smallest absolute Gasteiger partial charge is 0.262 e. The summed E-state index contributed by atoms with van der Waals surface area (Å²) in [4.78, 5) is 52.4. The highest BCUT2D eigenvalue weighted by Crippen LogP contribution is 2.29. The first-order valence-electron chi connectivity index (χ1n) is 12.0. The van der Waals surface area contributed by atoms with Crippen LogP contribution in [-0.2, 0) is 9.59 Å². The number of pyridine rings is 1. The van der Waals surface area contributed by atoms with Gasteiger partial charge in [-0.3, -0.25) is 14.4 Å². The molecule has 1 aromatic heterocycles. The van der Waals surface area contributed by atoms with Gasteiger partial charge in [0.15, 0.2) is 5.17 Å². The summed E-state index contributed by atoms with van der Waals surface area (Å²) in [6.45, 7) is 4.56. The van der Waals surface area contributed by atoms with E-state index < -0.39 is 5.25 Å². The number of piperazine rings is 1. The standard InChI is InChI=1S/C25H28N6O3S/c32-22(17-20-23(33)28-25(35-20)31-11-3-4-12-31)27-19-8-6-18(7-9-19)24(34)30-15-13-29(14-16-30)21-5-1-2-10-26-21/h1-2,5-10,20H,3-4,11-17H2,(H,27,32)/t20-/m0/s1. The zero-order valence-corrected chi connectivity index (χ0v) is 20.2. The molecular formula is C25H28N6O3S. The Morgan fingerprint density at radius 3 is 2.37 bits per heavy atom. The normalized spacial score (nSPS) is 20.2. The Hall–Kier alpha value is -3.40. The van der Waals surface area contributed by atoms with Gasteiger partial charge in [0.25, 0.3) is 11.8 Å². The van der Waals surface area contributed by atoms with Crippen molar-refractivity contribution in [1.29, 1.82) is 0 Å². The zero-order valence-electron chi connectivity index (χ0n) is 19.4. The van der Waals surface area contributed by atoms with Gasteiger partial charge >= 0.3 is 0 Å². The number of amides is 3. The molecule has 182 valence electrons. The number of rotatable bonds is 5. The Bertz CT molecular complexity index is 1110. The van der Waals surface area contributed by atoms with E-state index in [4.69, 9.17) is 0 Å². The van der Waals surface area contributed by atoms with Crippen molar-refractivity contribution in [2.75, 3.05) is 49.5 Å².